The second kappa shape index (κ2) is 10.3. The van der Waals surface area contributed by atoms with Gasteiger partial charge in [0.15, 0.2) is 0 Å². The molecule has 3 aromatic rings. The topological polar surface area (TPSA) is 84.2 Å². The zero-order chi connectivity index (χ0) is 21.3. The summed E-state index contributed by atoms with van der Waals surface area (Å²) < 4.78 is 0. The minimum atomic E-state index is -0.567. The molecule has 0 aliphatic carbocycles. The fourth-order valence-corrected chi connectivity index (χ4v) is 3.20. The van der Waals surface area contributed by atoms with Crippen molar-refractivity contribution in [3.05, 3.63) is 90.0 Å². The molecule has 2 amide bonds. The fraction of sp³-hybridized carbons (Fsp3) is 0.200. The van der Waals surface area contributed by atoms with Gasteiger partial charge in [0.1, 0.15) is 6.04 Å². The summed E-state index contributed by atoms with van der Waals surface area (Å²) in [4.78, 5) is 25.3. The number of carbonyl (C=O) groups is 2. The highest BCUT2D eigenvalue weighted by Crippen LogP contribution is 2.21. The third-order valence-corrected chi connectivity index (χ3v) is 4.90. The molecule has 0 radical (unpaired) electrons. The molecule has 5 nitrogen and oxygen atoms in total. The number of rotatable bonds is 8. The number of amides is 2. The summed E-state index contributed by atoms with van der Waals surface area (Å²) in [5.74, 6) is -0.431. The molecule has 5 heteroatoms. The lowest BCUT2D eigenvalue weighted by Gasteiger charge is -2.18. The number of carbonyl (C=O) groups excluding carboxylic acids is 2. The maximum Gasteiger partial charge on any atom is 0.251 e. The number of hydrogen-bond donors (Lipinski definition) is 3. The van der Waals surface area contributed by atoms with E-state index in [2.05, 4.69) is 10.6 Å². The van der Waals surface area contributed by atoms with Crippen molar-refractivity contribution in [3.63, 3.8) is 0 Å². The number of hydrogen-bond acceptors (Lipinski definition) is 3. The number of nitrogens with one attached hydrogen (secondary N) is 2. The lowest BCUT2D eigenvalue weighted by atomic mass is 10.0. The summed E-state index contributed by atoms with van der Waals surface area (Å²) in [7, 11) is 0. The molecule has 0 aliphatic rings. The molecule has 0 spiro atoms. The molecule has 0 bridgehead atoms. The summed E-state index contributed by atoms with van der Waals surface area (Å²) >= 11 is 0. The average molecular weight is 402 g/mol. The standard InChI is InChI=1S/C25H27N3O2/c1-2-6-23(25(30)27-17-18-7-4-3-5-8-18)28-24(29)21-11-9-19(10-12-21)20-13-15-22(26)16-14-20/h3-5,7-16,23H,2,6,17,26H2,1H3,(H,27,30)(H,28,29)/t23-/m0/s1. The molecule has 0 fully saturated rings. The highest BCUT2D eigenvalue weighted by Gasteiger charge is 2.20. The molecular weight excluding hydrogens is 374 g/mol. The van der Waals surface area contributed by atoms with Gasteiger partial charge in [-0.1, -0.05) is 67.9 Å². The zero-order valence-electron chi connectivity index (χ0n) is 17.1. The van der Waals surface area contributed by atoms with Gasteiger partial charge in [0, 0.05) is 17.8 Å². The van der Waals surface area contributed by atoms with Crippen LogP contribution in [-0.4, -0.2) is 17.9 Å². The van der Waals surface area contributed by atoms with Crippen LogP contribution in [0.15, 0.2) is 78.9 Å². The number of anilines is 1. The third-order valence-electron chi connectivity index (χ3n) is 4.90. The van der Waals surface area contributed by atoms with Crippen LogP contribution in [0.1, 0.15) is 35.7 Å². The summed E-state index contributed by atoms with van der Waals surface area (Å²) in [5, 5.41) is 5.78. The van der Waals surface area contributed by atoms with Crippen LogP contribution in [-0.2, 0) is 11.3 Å². The van der Waals surface area contributed by atoms with Crippen LogP contribution in [0.3, 0.4) is 0 Å². The first kappa shape index (κ1) is 21.1. The van der Waals surface area contributed by atoms with Crippen molar-refractivity contribution >= 4 is 17.5 Å². The molecule has 0 saturated heterocycles. The number of nitrogen functional groups attached to an aromatic ring is 1. The second-order valence-corrected chi connectivity index (χ2v) is 7.22. The van der Waals surface area contributed by atoms with E-state index in [9.17, 15) is 9.59 Å². The van der Waals surface area contributed by atoms with Crippen molar-refractivity contribution in [1.82, 2.24) is 10.6 Å². The monoisotopic (exact) mass is 401 g/mol. The molecule has 3 aromatic carbocycles. The van der Waals surface area contributed by atoms with E-state index in [4.69, 9.17) is 5.73 Å². The van der Waals surface area contributed by atoms with Crippen LogP contribution in [0.2, 0.25) is 0 Å². The van der Waals surface area contributed by atoms with Crippen molar-refractivity contribution < 1.29 is 9.59 Å². The van der Waals surface area contributed by atoms with E-state index in [1.807, 2.05) is 73.7 Å². The van der Waals surface area contributed by atoms with Gasteiger partial charge in [-0.3, -0.25) is 9.59 Å². The van der Waals surface area contributed by atoms with Crippen molar-refractivity contribution in [1.29, 1.82) is 0 Å². The fourth-order valence-electron chi connectivity index (χ4n) is 3.20. The van der Waals surface area contributed by atoms with Gasteiger partial charge in [0.2, 0.25) is 5.91 Å². The van der Waals surface area contributed by atoms with Crippen LogP contribution >= 0.6 is 0 Å². The molecule has 30 heavy (non-hydrogen) atoms. The molecule has 154 valence electrons. The molecule has 0 heterocycles. The van der Waals surface area contributed by atoms with E-state index in [1.54, 1.807) is 12.1 Å². The third kappa shape index (κ3) is 5.70. The van der Waals surface area contributed by atoms with Gasteiger partial charge in [-0.2, -0.15) is 0 Å². The van der Waals surface area contributed by atoms with Crippen LogP contribution in [0.25, 0.3) is 11.1 Å². The second-order valence-electron chi connectivity index (χ2n) is 7.22. The Kier molecular flexibility index (Phi) is 7.22. The molecule has 0 aliphatic heterocycles. The first-order chi connectivity index (χ1) is 14.6. The molecule has 3 rings (SSSR count). The molecular formula is C25H27N3O2. The molecule has 0 saturated carbocycles. The Morgan fingerprint density at radius 2 is 1.47 bits per heavy atom. The summed E-state index contributed by atoms with van der Waals surface area (Å²) in [6, 6.07) is 24.0. The smallest absolute Gasteiger partial charge is 0.251 e. The van der Waals surface area contributed by atoms with Gasteiger partial charge in [0.25, 0.3) is 5.91 Å². The molecule has 1 atom stereocenters. The van der Waals surface area contributed by atoms with E-state index >= 15 is 0 Å². The minimum absolute atomic E-state index is 0.174. The van der Waals surface area contributed by atoms with Crippen molar-refractivity contribution in [2.75, 3.05) is 5.73 Å². The maximum absolute atomic E-state index is 12.7. The van der Waals surface area contributed by atoms with Gasteiger partial charge in [0.05, 0.1) is 0 Å². The Labute approximate surface area is 177 Å². The Bertz CT molecular complexity index is 968. The van der Waals surface area contributed by atoms with E-state index < -0.39 is 6.04 Å². The Balaban J connectivity index is 1.62. The summed E-state index contributed by atoms with van der Waals surface area (Å²) in [6.07, 6.45) is 1.37. The van der Waals surface area contributed by atoms with E-state index in [-0.39, 0.29) is 11.8 Å². The predicted octanol–water partition coefficient (Wildman–Crippen LogP) is 4.15. The Morgan fingerprint density at radius 3 is 2.07 bits per heavy atom. The van der Waals surface area contributed by atoms with E-state index in [1.165, 1.54) is 0 Å². The van der Waals surface area contributed by atoms with Crippen molar-refractivity contribution in [2.45, 2.75) is 32.4 Å². The highest BCUT2D eigenvalue weighted by molar-refractivity contribution is 5.97. The van der Waals surface area contributed by atoms with Crippen LogP contribution in [0, 0.1) is 0 Å². The van der Waals surface area contributed by atoms with Gasteiger partial charge in [-0.05, 0) is 47.4 Å². The van der Waals surface area contributed by atoms with Gasteiger partial charge in [-0.25, -0.2) is 0 Å². The van der Waals surface area contributed by atoms with Crippen molar-refractivity contribution in [3.8, 4) is 11.1 Å². The number of benzene rings is 3. The molecule has 0 aromatic heterocycles. The normalized spacial score (nSPS) is 11.5. The first-order valence-corrected chi connectivity index (χ1v) is 10.2. The first-order valence-electron chi connectivity index (χ1n) is 10.2. The largest absolute Gasteiger partial charge is 0.399 e. The van der Waals surface area contributed by atoms with E-state index in [0.29, 0.717) is 24.2 Å². The predicted molar refractivity (Wildman–Crippen MR) is 121 cm³/mol. The molecule has 0 unspecified atom stereocenters. The van der Waals surface area contributed by atoms with Gasteiger partial charge >= 0.3 is 0 Å². The highest BCUT2D eigenvalue weighted by atomic mass is 16.2. The average Bonchev–Trinajstić information content (AvgIpc) is 2.78. The Hall–Kier alpha value is -3.60. The summed E-state index contributed by atoms with van der Waals surface area (Å²) in [5.41, 5.74) is 10.0. The van der Waals surface area contributed by atoms with Gasteiger partial charge < -0.3 is 16.4 Å². The summed E-state index contributed by atoms with van der Waals surface area (Å²) in [6.45, 7) is 2.43. The van der Waals surface area contributed by atoms with Crippen molar-refractivity contribution in [2.24, 2.45) is 0 Å². The van der Waals surface area contributed by atoms with Crippen LogP contribution < -0.4 is 16.4 Å². The Morgan fingerprint density at radius 1 is 0.867 bits per heavy atom. The van der Waals surface area contributed by atoms with Crippen LogP contribution in [0.4, 0.5) is 5.69 Å². The SMILES string of the molecule is CCC[C@H](NC(=O)c1ccc(-c2ccc(N)cc2)cc1)C(=O)NCc1ccccc1. The van der Waals surface area contributed by atoms with Gasteiger partial charge in [-0.15, -0.1) is 0 Å². The zero-order valence-corrected chi connectivity index (χ0v) is 17.1. The lowest BCUT2D eigenvalue weighted by Crippen LogP contribution is -2.46. The maximum atomic E-state index is 12.7. The van der Waals surface area contributed by atoms with E-state index in [0.717, 1.165) is 23.1 Å². The number of nitrogens with two attached hydrogens (primary N) is 1. The molecule has 4 N–H and O–H groups in total. The minimum Gasteiger partial charge on any atom is -0.399 e. The quantitative estimate of drug-likeness (QED) is 0.496. The van der Waals surface area contributed by atoms with Crippen LogP contribution in [0.5, 0.6) is 0 Å². The lowest BCUT2D eigenvalue weighted by molar-refractivity contribution is -0.123.